The van der Waals surface area contributed by atoms with E-state index in [-0.39, 0.29) is 12.0 Å². The molecule has 3 aliphatic rings. The fourth-order valence-electron chi connectivity index (χ4n) is 4.17. The van der Waals surface area contributed by atoms with Crippen molar-refractivity contribution in [3.05, 3.63) is 16.7 Å². The number of fused-ring (bicyclic) bond motifs is 2. The molecule has 0 aromatic heterocycles. The molecular formula is C18H23NO5. The van der Waals surface area contributed by atoms with Crippen LogP contribution in [0.5, 0.6) is 17.2 Å². The summed E-state index contributed by atoms with van der Waals surface area (Å²) >= 11 is 0. The summed E-state index contributed by atoms with van der Waals surface area (Å²) in [7, 11) is 1.68. The Morgan fingerprint density at radius 1 is 1.17 bits per heavy atom. The molecule has 130 valence electrons. The summed E-state index contributed by atoms with van der Waals surface area (Å²) in [4.78, 5) is 11.3. The van der Waals surface area contributed by atoms with Gasteiger partial charge in [-0.1, -0.05) is 0 Å². The summed E-state index contributed by atoms with van der Waals surface area (Å²) in [6.45, 7) is 1.88. The molecule has 0 amide bonds. The standard InChI is InChI=1S/C18H23NO5/c1-22-16-12-5-3-6-23-15(12)14(11-4-2-7-24-17(11)16)13-8-10(9-19-13)18(20)21/h10,13,19H,2-9H2,1H3,(H,20,21). The summed E-state index contributed by atoms with van der Waals surface area (Å²) in [5.41, 5.74) is 3.30. The summed E-state index contributed by atoms with van der Waals surface area (Å²) in [6, 6.07) is -0.000642. The molecule has 4 rings (SSSR count). The van der Waals surface area contributed by atoms with E-state index in [1.165, 1.54) is 0 Å². The van der Waals surface area contributed by atoms with E-state index < -0.39 is 5.97 Å². The number of aliphatic carboxylic acids is 1. The smallest absolute Gasteiger partial charge is 0.307 e. The second kappa shape index (κ2) is 6.16. The molecule has 6 nitrogen and oxygen atoms in total. The zero-order valence-electron chi connectivity index (χ0n) is 13.9. The van der Waals surface area contributed by atoms with Gasteiger partial charge in [-0.3, -0.25) is 4.79 Å². The van der Waals surface area contributed by atoms with E-state index in [0.29, 0.717) is 26.2 Å². The first kappa shape index (κ1) is 15.6. The number of carboxylic acid groups (broad SMARTS) is 1. The summed E-state index contributed by atoms with van der Waals surface area (Å²) in [5, 5.41) is 12.7. The minimum absolute atomic E-state index is 0.000642. The van der Waals surface area contributed by atoms with Crippen molar-refractivity contribution in [2.45, 2.75) is 38.1 Å². The average molecular weight is 333 g/mol. The van der Waals surface area contributed by atoms with Gasteiger partial charge in [-0.25, -0.2) is 0 Å². The van der Waals surface area contributed by atoms with Crippen molar-refractivity contribution in [2.24, 2.45) is 5.92 Å². The maximum atomic E-state index is 11.3. The van der Waals surface area contributed by atoms with E-state index in [0.717, 1.165) is 59.6 Å². The first-order chi connectivity index (χ1) is 11.7. The third kappa shape index (κ3) is 2.40. The Labute approximate surface area is 141 Å². The molecule has 6 heteroatoms. The van der Waals surface area contributed by atoms with Crippen LogP contribution < -0.4 is 19.5 Å². The normalized spacial score (nSPS) is 25.2. The number of ether oxygens (including phenoxy) is 3. The highest BCUT2D eigenvalue weighted by Gasteiger charge is 2.38. The lowest BCUT2D eigenvalue weighted by Crippen LogP contribution is -2.23. The second-order valence-electron chi connectivity index (χ2n) is 6.70. The number of hydrogen-bond acceptors (Lipinski definition) is 5. The Morgan fingerprint density at radius 2 is 1.88 bits per heavy atom. The second-order valence-corrected chi connectivity index (χ2v) is 6.70. The van der Waals surface area contributed by atoms with E-state index in [1.807, 2.05) is 0 Å². The van der Waals surface area contributed by atoms with Crippen molar-refractivity contribution < 1.29 is 24.1 Å². The zero-order chi connectivity index (χ0) is 16.7. The number of carbonyl (C=O) groups is 1. The number of nitrogens with one attached hydrogen (secondary N) is 1. The Kier molecular flexibility index (Phi) is 4.00. The summed E-state index contributed by atoms with van der Waals surface area (Å²) in [6.07, 6.45) is 4.31. The van der Waals surface area contributed by atoms with Crippen molar-refractivity contribution in [1.29, 1.82) is 0 Å². The monoisotopic (exact) mass is 333 g/mol. The minimum atomic E-state index is -0.738. The summed E-state index contributed by atoms with van der Waals surface area (Å²) in [5.74, 6) is 1.44. The van der Waals surface area contributed by atoms with E-state index in [1.54, 1.807) is 7.11 Å². The first-order valence-corrected chi connectivity index (χ1v) is 8.68. The van der Waals surface area contributed by atoms with Crippen molar-refractivity contribution in [2.75, 3.05) is 26.9 Å². The molecule has 1 fully saturated rings. The molecule has 3 heterocycles. The quantitative estimate of drug-likeness (QED) is 0.882. The van der Waals surface area contributed by atoms with Crippen molar-refractivity contribution in [1.82, 2.24) is 5.32 Å². The first-order valence-electron chi connectivity index (χ1n) is 8.68. The summed E-state index contributed by atoms with van der Waals surface area (Å²) < 4.78 is 17.7. The van der Waals surface area contributed by atoms with Gasteiger partial charge in [0.1, 0.15) is 5.75 Å². The molecule has 2 N–H and O–H groups in total. The van der Waals surface area contributed by atoms with Gasteiger partial charge in [0, 0.05) is 29.3 Å². The highest BCUT2D eigenvalue weighted by Crippen LogP contribution is 2.51. The van der Waals surface area contributed by atoms with Gasteiger partial charge in [0.2, 0.25) is 0 Å². The lowest BCUT2D eigenvalue weighted by atomic mass is 9.87. The maximum Gasteiger partial charge on any atom is 0.307 e. The van der Waals surface area contributed by atoms with Crippen LogP contribution in [0, 0.1) is 5.92 Å². The molecule has 3 aliphatic heterocycles. The molecule has 0 spiro atoms. The topological polar surface area (TPSA) is 77.0 Å². The number of rotatable bonds is 3. The molecular weight excluding hydrogens is 310 g/mol. The van der Waals surface area contributed by atoms with Crippen LogP contribution in [0.4, 0.5) is 0 Å². The Hall–Kier alpha value is -1.95. The van der Waals surface area contributed by atoms with Crippen LogP contribution in [-0.4, -0.2) is 37.9 Å². The Balaban J connectivity index is 1.85. The van der Waals surface area contributed by atoms with Crippen molar-refractivity contribution >= 4 is 5.97 Å². The Morgan fingerprint density at radius 3 is 2.54 bits per heavy atom. The lowest BCUT2D eigenvalue weighted by molar-refractivity contribution is -0.141. The largest absolute Gasteiger partial charge is 0.493 e. The number of methoxy groups -OCH3 is 1. The van der Waals surface area contributed by atoms with Gasteiger partial charge in [0.15, 0.2) is 11.5 Å². The van der Waals surface area contributed by atoms with Crippen LogP contribution in [0.2, 0.25) is 0 Å². The molecule has 0 bridgehead atoms. The fourth-order valence-corrected chi connectivity index (χ4v) is 4.17. The molecule has 1 aromatic carbocycles. The third-order valence-corrected chi connectivity index (χ3v) is 5.27. The predicted molar refractivity (Wildman–Crippen MR) is 87.1 cm³/mol. The van der Waals surface area contributed by atoms with Gasteiger partial charge in [-0.15, -0.1) is 0 Å². The van der Waals surface area contributed by atoms with E-state index in [2.05, 4.69) is 5.32 Å². The van der Waals surface area contributed by atoms with Crippen LogP contribution in [0.25, 0.3) is 0 Å². The Bertz CT molecular complexity index is 635. The van der Waals surface area contributed by atoms with E-state index >= 15 is 0 Å². The molecule has 0 radical (unpaired) electrons. The predicted octanol–water partition coefficient (Wildman–Crippen LogP) is 2.08. The van der Waals surface area contributed by atoms with E-state index in [9.17, 15) is 9.90 Å². The molecule has 2 unspecified atom stereocenters. The van der Waals surface area contributed by atoms with Crippen LogP contribution in [0.15, 0.2) is 0 Å². The van der Waals surface area contributed by atoms with Crippen LogP contribution in [0.3, 0.4) is 0 Å². The SMILES string of the molecule is COc1c2c(c(C3CC(C(=O)O)CN3)c3c1OCCC3)OCCC2. The molecule has 1 saturated heterocycles. The zero-order valence-corrected chi connectivity index (χ0v) is 13.9. The lowest BCUT2D eigenvalue weighted by Gasteiger charge is -2.32. The van der Waals surface area contributed by atoms with Gasteiger partial charge in [-0.05, 0) is 32.1 Å². The minimum Gasteiger partial charge on any atom is -0.493 e. The third-order valence-electron chi connectivity index (χ3n) is 5.27. The number of benzene rings is 1. The van der Waals surface area contributed by atoms with Crippen LogP contribution >= 0.6 is 0 Å². The van der Waals surface area contributed by atoms with Gasteiger partial charge in [0.05, 0.1) is 26.2 Å². The van der Waals surface area contributed by atoms with Gasteiger partial charge in [-0.2, -0.15) is 0 Å². The van der Waals surface area contributed by atoms with Crippen molar-refractivity contribution in [3.63, 3.8) is 0 Å². The molecule has 24 heavy (non-hydrogen) atoms. The fraction of sp³-hybridized carbons (Fsp3) is 0.611. The van der Waals surface area contributed by atoms with Gasteiger partial charge in [0.25, 0.3) is 0 Å². The van der Waals surface area contributed by atoms with Crippen molar-refractivity contribution in [3.8, 4) is 17.2 Å². The molecule has 1 aromatic rings. The molecule has 0 aliphatic carbocycles. The molecule has 2 atom stereocenters. The van der Waals surface area contributed by atoms with Crippen LogP contribution in [0.1, 0.15) is 42.0 Å². The maximum absolute atomic E-state index is 11.3. The number of hydrogen-bond donors (Lipinski definition) is 2. The molecule has 0 saturated carbocycles. The highest BCUT2D eigenvalue weighted by atomic mass is 16.5. The number of carboxylic acids is 1. The van der Waals surface area contributed by atoms with Crippen LogP contribution in [-0.2, 0) is 17.6 Å². The average Bonchev–Trinajstić information content (AvgIpc) is 3.09. The van der Waals surface area contributed by atoms with Gasteiger partial charge >= 0.3 is 5.97 Å². The highest BCUT2D eigenvalue weighted by molar-refractivity contribution is 5.71. The van der Waals surface area contributed by atoms with Gasteiger partial charge < -0.3 is 24.6 Å². The van der Waals surface area contributed by atoms with E-state index in [4.69, 9.17) is 14.2 Å².